The fourth-order valence-electron chi connectivity index (χ4n) is 4.62. The molecule has 4 rings (SSSR count). The Hall–Kier alpha value is -3.43. The van der Waals surface area contributed by atoms with Crippen LogP contribution < -0.4 is 5.32 Å². The van der Waals surface area contributed by atoms with Crippen molar-refractivity contribution in [1.82, 2.24) is 10.2 Å². The van der Waals surface area contributed by atoms with Crippen molar-refractivity contribution in [3.05, 3.63) is 59.7 Å². The first kappa shape index (κ1) is 22.8. The van der Waals surface area contributed by atoms with E-state index in [1.807, 2.05) is 48.5 Å². The van der Waals surface area contributed by atoms with Crippen LogP contribution in [0.25, 0.3) is 11.1 Å². The summed E-state index contributed by atoms with van der Waals surface area (Å²) >= 11 is 0. The summed E-state index contributed by atoms with van der Waals surface area (Å²) in [5.41, 5.74) is 4.32. The van der Waals surface area contributed by atoms with Crippen LogP contribution in [0, 0.1) is 0 Å². The number of fused-ring (bicyclic) bond motifs is 3. The molecule has 1 aliphatic carbocycles. The van der Waals surface area contributed by atoms with E-state index in [0.717, 1.165) is 27.2 Å². The van der Waals surface area contributed by atoms with E-state index in [1.54, 1.807) is 0 Å². The number of methoxy groups -OCH3 is 1. The third-order valence-electron chi connectivity index (χ3n) is 6.11. The quantitative estimate of drug-likeness (QED) is 0.580. The van der Waals surface area contributed by atoms with Crippen molar-refractivity contribution < 1.29 is 34.1 Å². The van der Waals surface area contributed by atoms with Crippen LogP contribution >= 0.6 is 0 Å². The van der Waals surface area contributed by atoms with Crippen molar-refractivity contribution >= 4 is 18.0 Å². The molecule has 3 N–H and O–H groups in total. The van der Waals surface area contributed by atoms with E-state index in [1.165, 1.54) is 7.11 Å². The SMILES string of the molecule is COCC(NC(=O)OCC1c2ccccc2-c2ccccc21)C(=O)N1CC(O)CC1C(=O)O. The van der Waals surface area contributed by atoms with Gasteiger partial charge in [-0.2, -0.15) is 0 Å². The summed E-state index contributed by atoms with van der Waals surface area (Å²) in [6.07, 6.45) is -1.81. The molecule has 1 saturated heterocycles. The summed E-state index contributed by atoms with van der Waals surface area (Å²) in [5.74, 6) is -1.99. The van der Waals surface area contributed by atoms with Gasteiger partial charge in [0, 0.05) is 26.0 Å². The predicted octanol–water partition coefficient (Wildman–Crippen LogP) is 1.59. The monoisotopic (exact) mass is 454 g/mol. The number of benzene rings is 2. The molecule has 1 aliphatic heterocycles. The average molecular weight is 454 g/mol. The summed E-state index contributed by atoms with van der Waals surface area (Å²) in [6.45, 7) is -0.210. The largest absolute Gasteiger partial charge is 0.480 e. The number of carboxylic acids is 1. The van der Waals surface area contributed by atoms with Crippen molar-refractivity contribution in [2.75, 3.05) is 26.9 Å². The number of nitrogens with zero attached hydrogens (tertiary/aromatic N) is 1. The fourth-order valence-corrected chi connectivity index (χ4v) is 4.62. The lowest BCUT2D eigenvalue weighted by molar-refractivity contribution is -0.149. The Morgan fingerprint density at radius 1 is 1.09 bits per heavy atom. The van der Waals surface area contributed by atoms with Gasteiger partial charge in [0.15, 0.2) is 0 Å². The van der Waals surface area contributed by atoms with E-state index < -0.39 is 36.2 Å². The first-order valence-corrected chi connectivity index (χ1v) is 10.7. The molecule has 174 valence electrons. The summed E-state index contributed by atoms with van der Waals surface area (Å²) in [7, 11) is 1.37. The molecular weight excluding hydrogens is 428 g/mol. The highest BCUT2D eigenvalue weighted by molar-refractivity contribution is 5.90. The number of alkyl carbamates (subject to hydrolysis) is 1. The number of nitrogens with one attached hydrogen (secondary N) is 1. The zero-order valence-electron chi connectivity index (χ0n) is 18.1. The molecule has 9 nitrogen and oxygen atoms in total. The number of carbonyl (C=O) groups is 3. The fraction of sp³-hybridized carbons (Fsp3) is 0.375. The van der Waals surface area contributed by atoms with Crippen LogP contribution in [0.1, 0.15) is 23.5 Å². The van der Waals surface area contributed by atoms with Gasteiger partial charge in [-0.1, -0.05) is 48.5 Å². The molecule has 33 heavy (non-hydrogen) atoms. The van der Waals surface area contributed by atoms with Crippen LogP contribution in [0.4, 0.5) is 4.79 Å². The van der Waals surface area contributed by atoms with Crippen molar-refractivity contribution in [3.63, 3.8) is 0 Å². The number of aliphatic carboxylic acids is 1. The number of carboxylic acid groups (broad SMARTS) is 1. The maximum atomic E-state index is 12.9. The van der Waals surface area contributed by atoms with E-state index in [2.05, 4.69) is 5.32 Å². The molecule has 2 amide bonds. The van der Waals surface area contributed by atoms with Gasteiger partial charge < -0.3 is 29.9 Å². The Bertz CT molecular complexity index is 1010. The minimum Gasteiger partial charge on any atom is -0.480 e. The van der Waals surface area contributed by atoms with Crippen LogP contribution in [-0.2, 0) is 19.1 Å². The molecule has 2 aromatic rings. The lowest BCUT2D eigenvalue weighted by Crippen LogP contribution is -2.53. The third kappa shape index (κ3) is 4.55. The summed E-state index contributed by atoms with van der Waals surface area (Å²) in [5, 5.41) is 21.7. The van der Waals surface area contributed by atoms with Gasteiger partial charge in [-0.25, -0.2) is 9.59 Å². The minimum atomic E-state index is -1.21. The summed E-state index contributed by atoms with van der Waals surface area (Å²) in [6, 6.07) is 13.6. The lowest BCUT2D eigenvalue weighted by Gasteiger charge is -2.26. The molecule has 3 atom stereocenters. The molecule has 2 aromatic carbocycles. The topological polar surface area (TPSA) is 125 Å². The molecule has 1 heterocycles. The molecular formula is C24H26N2O7. The first-order valence-electron chi connectivity index (χ1n) is 10.7. The van der Waals surface area contributed by atoms with E-state index in [9.17, 15) is 24.6 Å². The number of hydrogen-bond acceptors (Lipinski definition) is 6. The Balaban J connectivity index is 1.43. The Morgan fingerprint density at radius 2 is 1.70 bits per heavy atom. The standard InChI is InChI=1S/C24H26N2O7/c1-32-13-20(22(28)26-11-14(27)10-21(26)23(29)30)25-24(31)33-12-19-17-8-4-2-6-15(17)16-7-3-5-9-18(16)19/h2-9,14,19-21,27H,10-13H2,1H3,(H,25,31)(H,29,30). The maximum Gasteiger partial charge on any atom is 0.407 e. The second-order valence-electron chi connectivity index (χ2n) is 8.21. The van der Waals surface area contributed by atoms with Gasteiger partial charge in [-0.3, -0.25) is 4.79 Å². The van der Waals surface area contributed by atoms with Gasteiger partial charge in [0.25, 0.3) is 0 Å². The third-order valence-corrected chi connectivity index (χ3v) is 6.11. The summed E-state index contributed by atoms with van der Waals surface area (Å²) in [4.78, 5) is 38.0. The second-order valence-corrected chi connectivity index (χ2v) is 8.21. The molecule has 3 unspecified atom stereocenters. The van der Waals surface area contributed by atoms with E-state index >= 15 is 0 Å². The normalized spacial score (nSPS) is 20.1. The van der Waals surface area contributed by atoms with Crippen molar-refractivity contribution in [3.8, 4) is 11.1 Å². The number of rotatable bonds is 7. The van der Waals surface area contributed by atoms with Crippen LogP contribution in [0.3, 0.4) is 0 Å². The van der Waals surface area contributed by atoms with Gasteiger partial charge >= 0.3 is 12.1 Å². The number of ether oxygens (including phenoxy) is 2. The molecule has 9 heteroatoms. The van der Waals surface area contributed by atoms with Crippen LogP contribution in [0.5, 0.6) is 0 Å². The predicted molar refractivity (Wildman–Crippen MR) is 118 cm³/mol. The zero-order chi connectivity index (χ0) is 23.5. The highest BCUT2D eigenvalue weighted by Gasteiger charge is 2.41. The number of likely N-dealkylation sites (tertiary alicyclic amines) is 1. The highest BCUT2D eigenvalue weighted by Crippen LogP contribution is 2.44. The van der Waals surface area contributed by atoms with Gasteiger partial charge in [0.2, 0.25) is 5.91 Å². The van der Waals surface area contributed by atoms with Gasteiger partial charge in [0.1, 0.15) is 18.7 Å². The highest BCUT2D eigenvalue weighted by atomic mass is 16.5. The smallest absolute Gasteiger partial charge is 0.407 e. The molecule has 2 aliphatic rings. The Morgan fingerprint density at radius 3 is 2.27 bits per heavy atom. The number of β-amino-alcohol motifs (C(OH)–C–C–N with tert-alkyl or cyclic N) is 1. The van der Waals surface area contributed by atoms with E-state index in [0.29, 0.717) is 0 Å². The zero-order valence-corrected chi connectivity index (χ0v) is 18.1. The Labute approximate surface area is 190 Å². The molecule has 0 bridgehead atoms. The molecule has 0 aromatic heterocycles. The van der Waals surface area contributed by atoms with Gasteiger partial charge in [-0.15, -0.1) is 0 Å². The number of amides is 2. The maximum absolute atomic E-state index is 12.9. The van der Waals surface area contributed by atoms with Crippen molar-refractivity contribution in [1.29, 1.82) is 0 Å². The van der Waals surface area contributed by atoms with Gasteiger partial charge in [0.05, 0.1) is 12.7 Å². The summed E-state index contributed by atoms with van der Waals surface area (Å²) < 4.78 is 10.5. The van der Waals surface area contributed by atoms with Crippen molar-refractivity contribution in [2.24, 2.45) is 0 Å². The van der Waals surface area contributed by atoms with E-state index in [-0.39, 0.29) is 32.1 Å². The van der Waals surface area contributed by atoms with Crippen LogP contribution in [0.15, 0.2) is 48.5 Å². The number of hydrogen-bond donors (Lipinski definition) is 3. The molecule has 0 spiro atoms. The average Bonchev–Trinajstić information content (AvgIpc) is 3.35. The van der Waals surface area contributed by atoms with Crippen molar-refractivity contribution in [2.45, 2.75) is 30.5 Å². The van der Waals surface area contributed by atoms with E-state index in [4.69, 9.17) is 9.47 Å². The van der Waals surface area contributed by atoms with Crippen LogP contribution in [-0.4, -0.2) is 78.1 Å². The van der Waals surface area contributed by atoms with Crippen LogP contribution in [0.2, 0.25) is 0 Å². The second kappa shape index (κ2) is 9.60. The molecule has 0 saturated carbocycles. The Kier molecular flexibility index (Phi) is 6.62. The lowest BCUT2D eigenvalue weighted by atomic mass is 9.98. The minimum absolute atomic E-state index is 0.0638. The number of aliphatic hydroxyl groups excluding tert-OH is 1. The van der Waals surface area contributed by atoms with Gasteiger partial charge in [-0.05, 0) is 22.3 Å². The number of carbonyl (C=O) groups excluding carboxylic acids is 2. The first-order chi connectivity index (χ1) is 15.9. The number of aliphatic hydroxyl groups is 1. The molecule has 1 fully saturated rings. The molecule has 0 radical (unpaired) electrons.